The third-order valence-electron chi connectivity index (χ3n) is 1.76. The van der Waals surface area contributed by atoms with Gasteiger partial charge in [-0.15, -0.1) is 11.3 Å². The van der Waals surface area contributed by atoms with E-state index in [0.29, 0.717) is 12.4 Å². The minimum Gasteiger partial charge on any atom is -0.398 e. The molecular formula is C8H10N4OS. The molecule has 5 nitrogen and oxygen atoms in total. The second-order valence-electron chi connectivity index (χ2n) is 2.75. The molecule has 0 atom stereocenters. The zero-order valence-electron chi connectivity index (χ0n) is 7.43. The lowest BCUT2D eigenvalue weighted by Crippen LogP contribution is -2.13. The maximum Gasteiger partial charge on any atom is 0.213 e. The Morgan fingerprint density at radius 1 is 1.50 bits per heavy atom. The van der Waals surface area contributed by atoms with E-state index in [1.54, 1.807) is 11.3 Å². The minimum absolute atomic E-state index is 0.591. The van der Waals surface area contributed by atoms with Crippen molar-refractivity contribution < 1.29 is 4.52 Å². The van der Waals surface area contributed by atoms with Crippen molar-refractivity contribution in [1.29, 1.82) is 0 Å². The van der Waals surface area contributed by atoms with Gasteiger partial charge in [0, 0.05) is 17.1 Å². The quantitative estimate of drug-likeness (QED) is 0.787. The summed E-state index contributed by atoms with van der Waals surface area (Å²) in [5.74, 6) is 0.653. The number of anilines is 1. The van der Waals surface area contributed by atoms with Crippen molar-refractivity contribution in [3.8, 4) is 0 Å². The maximum atomic E-state index is 5.72. The van der Waals surface area contributed by atoms with Gasteiger partial charge in [0.1, 0.15) is 0 Å². The fourth-order valence-corrected chi connectivity index (χ4v) is 1.82. The molecule has 0 spiro atoms. The lowest BCUT2D eigenvalue weighted by molar-refractivity contribution is 0.407. The van der Waals surface area contributed by atoms with Gasteiger partial charge in [-0.25, -0.2) is 0 Å². The molecule has 0 amide bonds. The first kappa shape index (κ1) is 9.17. The van der Waals surface area contributed by atoms with Gasteiger partial charge in [-0.3, -0.25) is 0 Å². The van der Waals surface area contributed by atoms with Crippen LogP contribution in [0.5, 0.6) is 0 Å². The number of hydrogen-bond donors (Lipinski definition) is 2. The summed E-state index contributed by atoms with van der Waals surface area (Å²) in [5, 5.41) is 8.83. The third-order valence-corrected chi connectivity index (χ3v) is 2.69. The number of nitrogens with two attached hydrogens (primary N) is 1. The first-order valence-electron chi connectivity index (χ1n) is 4.14. The number of rotatable bonds is 4. The highest BCUT2D eigenvalue weighted by Gasteiger charge is 2.01. The Balaban J connectivity index is 1.81. The van der Waals surface area contributed by atoms with Gasteiger partial charge < -0.3 is 15.6 Å². The van der Waals surface area contributed by atoms with Crippen LogP contribution in [0.15, 0.2) is 22.4 Å². The van der Waals surface area contributed by atoms with Crippen molar-refractivity contribution in [3.63, 3.8) is 0 Å². The number of nitrogen functional groups attached to an aromatic ring is 1. The van der Waals surface area contributed by atoms with E-state index in [1.165, 1.54) is 6.39 Å². The molecule has 14 heavy (non-hydrogen) atoms. The molecule has 2 aromatic heterocycles. The lowest BCUT2D eigenvalue weighted by Gasteiger charge is -1.99. The van der Waals surface area contributed by atoms with Crippen molar-refractivity contribution in [1.82, 2.24) is 15.5 Å². The smallest absolute Gasteiger partial charge is 0.213 e. The van der Waals surface area contributed by atoms with Gasteiger partial charge in [-0.1, -0.05) is 5.16 Å². The van der Waals surface area contributed by atoms with E-state index in [-0.39, 0.29) is 0 Å². The van der Waals surface area contributed by atoms with Crippen LogP contribution in [-0.4, -0.2) is 10.1 Å². The SMILES string of the molecule is Nc1ccsc1CNCc1ncon1. The van der Waals surface area contributed by atoms with Crippen LogP contribution < -0.4 is 11.1 Å². The number of aromatic nitrogens is 2. The molecule has 0 bridgehead atoms. The van der Waals surface area contributed by atoms with Crippen LogP contribution in [0.3, 0.4) is 0 Å². The van der Waals surface area contributed by atoms with Gasteiger partial charge in [0.15, 0.2) is 5.82 Å². The summed E-state index contributed by atoms with van der Waals surface area (Å²) in [5.41, 5.74) is 6.55. The van der Waals surface area contributed by atoms with Crippen molar-refractivity contribution in [2.75, 3.05) is 5.73 Å². The first-order chi connectivity index (χ1) is 6.86. The number of thiophene rings is 1. The van der Waals surface area contributed by atoms with Crippen molar-refractivity contribution >= 4 is 17.0 Å². The van der Waals surface area contributed by atoms with E-state index < -0.39 is 0 Å². The highest BCUT2D eigenvalue weighted by atomic mass is 32.1. The maximum absolute atomic E-state index is 5.72. The van der Waals surface area contributed by atoms with Crippen LogP contribution >= 0.6 is 11.3 Å². The van der Waals surface area contributed by atoms with Crippen LogP contribution in [0.2, 0.25) is 0 Å². The van der Waals surface area contributed by atoms with Gasteiger partial charge in [-0.05, 0) is 11.4 Å². The standard InChI is InChI=1S/C8H10N4OS/c9-6-1-2-14-7(6)3-10-4-8-11-5-13-12-8/h1-2,5,10H,3-4,9H2. The van der Waals surface area contributed by atoms with Crippen LogP contribution in [0.1, 0.15) is 10.7 Å². The predicted molar refractivity (Wildman–Crippen MR) is 53.6 cm³/mol. The Hall–Kier alpha value is -1.40. The molecular weight excluding hydrogens is 200 g/mol. The normalized spacial score (nSPS) is 10.6. The number of nitrogens with zero attached hydrogens (tertiary/aromatic N) is 2. The van der Waals surface area contributed by atoms with E-state index >= 15 is 0 Å². The largest absolute Gasteiger partial charge is 0.398 e. The predicted octanol–water partition coefficient (Wildman–Crippen LogP) is 1.00. The van der Waals surface area contributed by atoms with Crippen LogP contribution in [-0.2, 0) is 13.1 Å². The summed E-state index contributed by atoms with van der Waals surface area (Å²) in [6, 6.07) is 1.90. The highest BCUT2D eigenvalue weighted by Crippen LogP contribution is 2.17. The molecule has 0 unspecified atom stereocenters. The van der Waals surface area contributed by atoms with Gasteiger partial charge in [0.2, 0.25) is 6.39 Å². The fourth-order valence-electron chi connectivity index (χ4n) is 1.05. The summed E-state index contributed by atoms with van der Waals surface area (Å²) in [6.07, 6.45) is 1.32. The fraction of sp³-hybridized carbons (Fsp3) is 0.250. The third kappa shape index (κ3) is 2.09. The van der Waals surface area contributed by atoms with Gasteiger partial charge >= 0.3 is 0 Å². The summed E-state index contributed by atoms with van der Waals surface area (Å²) in [4.78, 5) is 5.02. The zero-order chi connectivity index (χ0) is 9.80. The second kappa shape index (κ2) is 4.21. The van der Waals surface area contributed by atoms with Crippen molar-refractivity contribution in [2.45, 2.75) is 13.1 Å². The van der Waals surface area contributed by atoms with E-state index in [0.717, 1.165) is 17.1 Å². The highest BCUT2D eigenvalue weighted by molar-refractivity contribution is 7.10. The molecule has 3 N–H and O–H groups in total. The summed E-state index contributed by atoms with van der Waals surface area (Å²) < 4.78 is 4.60. The second-order valence-corrected chi connectivity index (χ2v) is 3.75. The molecule has 0 aliphatic heterocycles. The topological polar surface area (TPSA) is 77.0 Å². The van der Waals surface area contributed by atoms with Crippen LogP contribution in [0.4, 0.5) is 5.69 Å². The average Bonchev–Trinajstić information content (AvgIpc) is 2.78. The Labute approximate surface area is 84.9 Å². The molecule has 2 aromatic rings. The zero-order valence-corrected chi connectivity index (χ0v) is 8.25. The monoisotopic (exact) mass is 210 g/mol. The summed E-state index contributed by atoms with van der Waals surface area (Å²) >= 11 is 1.63. The van der Waals surface area contributed by atoms with Crippen molar-refractivity contribution in [3.05, 3.63) is 28.5 Å². The van der Waals surface area contributed by atoms with E-state index in [4.69, 9.17) is 5.73 Å². The molecule has 0 radical (unpaired) electrons. The Bertz CT molecular complexity index is 384. The average molecular weight is 210 g/mol. The molecule has 0 aromatic carbocycles. The Kier molecular flexibility index (Phi) is 2.76. The first-order valence-corrected chi connectivity index (χ1v) is 5.02. The molecule has 0 aliphatic rings. The van der Waals surface area contributed by atoms with Crippen molar-refractivity contribution in [2.24, 2.45) is 0 Å². The Morgan fingerprint density at radius 2 is 2.43 bits per heavy atom. The molecule has 0 aliphatic carbocycles. The number of hydrogen-bond acceptors (Lipinski definition) is 6. The molecule has 0 saturated carbocycles. The molecule has 0 saturated heterocycles. The molecule has 6 heteroatoms. The Morgan fingerprint density at radius 3 is 3.07 bits per heavy atom. The number of nitrogens with one attached hydrogen (secondary N) is 1. The van der Waals surface area contributed by atoms with Gasteiger partial charge in [-0.2, -0.15) is 4.98 Å². The minimum atomic E-state index is 0.591. The van der Waals surface area contributed by atoms with Crippen LogP contribution in [0.25, 0.3) is 0 Å². The van der Waals surface area contributed by atoms with Crippen LogP contribution in [0, 0.1) is 0 Å². The van der Waals surface area contributed by atoms with E-state index in [1.807, 2.05) is 11.4 Å². The molecule has 2 heterocycles. The van der Waals surface area contributed by atoms with Gasteiger partial charge in [0.05, 0.1) is 6.54 Å². The summed E-state index contributed by atoms with van der Waals surface area (Å²) in [7, 11) is 0. The van der Waals surface area contributed by atoms with E-state index in [9.17, 15) is 0 Å². The molecule has 74 valence electrons. The van der Waals surface area contributed by atoms with E-state index in [2.05, 4.69) is 20.0 Å². The molecule has 2 rings (SSSR count). The molecule has 0 fully saturated rings. The van der Waals surface area contributed by atoms with Gasteiger partial charge in [0.25, 0.3) is 0 Å². The summed E-state index contributed by atoms with van der Waals surface area (Å²) in [6.45, 7) is 1.33. The lowest BCUT2D eigenvalue weighted by atomic mass is 10.4.